The average Bonchev–Trinajstić information content (AvgIpc) is 2.49. The number of urea groups is 1. The first-order chi connectivity index (χ1) is 10.0. The Hall–Kier alpha value is -1.99. The smallest absolute Gasteiger partial charge is 0.334 e. The van der Waals surface area contributed by atoms with Gasteiger partial charge in [-0.05, 0) is 12.1 Å². The Morgan fingerprint density at radius 2 is 2.29 bits per heavy atom. The minimum absolute atomic E-state index is 0.0112. The lowest BCUT2D eigenvalue weighted by molar-refractivity contribution is -0.154. The number of carbonyl (C=O) groups is 2. The molecule has 0 spiro atoms. The molecule has 0 saturated carbocycles. The predicted octanol–water partition coefficient (Wildman–Crippen LogP) is 1.67. The molecule has 2 rings (SSSR count). The Bertz CT molecular complexity index is 551. The lowest BCUT2D eigenvalue weighted by Gasteiger charge is -2.31. The van der Waals surface area contributed by atoms with E-state index >= 15 is 0 Å². The van der Waals surface area contributed by atoms with Gasteiger partial charge in [0.2, 0.25) is 0 Å². The highest BCUT2D eigenvalue weighted by molar-refractivity contribution is 6.33. The lowest BCUT2D eigenvalue weighted by atomic mass is 10.2. The molecule has 1 fully saturated rings. The maximum absolute atomic E-state index is 12.2. The van der Waals surface area contributed by atoms with E-state index in [9.17, 15) is 9.59 Å². The SMILES string of the molecule is COc1ccc(Cl)c(NC(=O)N2CCOC(C(=O)O)C2)c1. The number of nitrogens with zero attached hydrogens (tertiary/aromatic N) is 1. The highest BCUT2D eigenvalue weighted by Gasteiger charge is 2.29. The van der Waals surface area contributed by atoms with Crippen LogP contribution >= 0.6 is 11.6 Å². The van der Waals surface area contributed by atoms with Gasteiger partial charge >= 0.3 is 12.0 Å². The third kappa shape index (κ3) is 3.77. The number of morpholine rings is 1. The van der Waals surface area contributed by atoms with Crippen LogP contribution in [0.15, 0.2) is 18.2 Å². The molecule has 1 heterocycles. The van der Waals surface area contributed by atoms with Crippen LogP contribution in [0, 0.1) is 0 Å². The van der Waals surface area contributed by atoms with E-state index in [-0.39, 0.29) is 13.2 Å². The molecule has 0 aromatic heterocycles. The number of methoxy groups -OCH3 is 1. The number of amides is 2. The fraction of sp³-hybridized carbons (Fsp3) is 0.385. The Morgan fingerprint density at radius 3 is 2.95 bits per heavy atom. The van der Waals surface area contributed by atoms with Gasteiger partial charge in [-0.1, -0.05) is 11.6 Å². The van der Waals surface area contributed by atoms with Gasteiger partial charge in [-0.2, -0.15) is 0 Å². The van der Waals surface area contributed by atoms with Crippen molar-refractivity contribution in [2.24, 2.45) is 0 Å². The fourth-order valence-corrected chi connectivity index (χ4v) is 2.07. The van der Waals surface area contributed by atoms with E-state index in [4.69, 9.17) is 26.2 Å². The van der Waals surface area contributed by atoms with Crippen molar-refractivity contribution in [3.63, 3.8) is 0 Å². The number of anilines is 1. The van der Waals surface area contributed by atoms with Crippen molar-refractivity contribution in [2.45, 2.75) is 6.10 Å². The second-order valence-corrected chi connectivity index (χ2v) is 4.83. The van der Waals surface area contributed by atoms with Crippen molar-refractivity contribution in [1.29, 1.82) is 0 Å². The Balaban J connectivity index is 2.05. The largest absolute Gasteiger partial charge is 0.497 e. The summed E-state index contributed by atoms with van der Waals surface area (Å²) in [7, 11) is 1.51. The molecule has 0 bridgehead atoms. The first-order valence-electron chi connectivity index (χ1n) is 6.25. The molecule has 7 nitrogen and oxygen atoms in total. The minimum Gasteiger partial charge on any atom is -0.497 e. The lowest BCUT2D eigenvalue weighted by Crippen LogP contribution is -2.49. The summed E-state index contributed by atoms with van der Waals surface area (Å²) in [5.74, 6) is -0.535. The fourth-order valence-electron chi connectivity index (χ4n) is 1.90. The summed E-state index contributed by atoms with van der Waals surface area (Å²) < 4.78 is 10.1. The molecule has 21 heavy (non-hydrogen) atoms. The van der Waals surface area contributed by atoms with Gasteiger partial charge in [0.15, 0.2) is 6.10 Å². The maximum Gasteiger partial charge on any atom is 0.334 e. The van der Waals surface area contributed by atoms with Crippen molar-refractivity contribution >= 4 is 29.3 Å². The molecular formula is C13H15ClN2O5. The predicted molar refractivity (Wildman–Crippen MR) is 76.0 cm³/mol. The van der Waals surface area contributed by atoms with E-state index in [1.807, 2.05) is 0 Å². The quantitative estimate of drug-likeness (QED) is 0.886. The zero-order valence-corrected chi connectivity index (χ0v) is 12.1. The highest BCUT2D eigenvalue weighted by Crippen LogP contribution is 2.27. The first kappa shape index (κ1) is 15.4. The van der Waals surface area contributed by atoms with Crippen LogP contribution in [0.2, 0.25) is 5.02 Å². The summed E-state index contributed by atoms with van der Waals surface area (Å²) in [6.07, 6.45) is -1.01. The molecule has 1 aliphatic rings. The van der Waals surface area contributed by atoms with Crippen LogP contribution in [0.5, 0.6) is 5.75 Å². The number of carboxylic acids is 1. The summed E-state index contributed by atoms with van der Waals surface area (Å²) >= 11 is 6.01. The molecule has 1 unspecified atom stereocenters. The third-order valence-electron chi connectivity index (χ3n) is 3.04. The summed E-state index contributed by atoms with van der Waals surface area (Å²) in [6.45, 7) is 0.482. The molecule has 0 aliphatic carbocycles. The van der Waals surface area contributed by atoms with Gasteiger partial charge in [-0.15, -0.1) is 0 Å². The normalized spacial score (nSPS) is 18.2. The van der Waals surface area contributed by atoms with Crippen LogP contribution in [-0.4, -0.2) is 54.9 Å². The third-order valence-corrected chi connectivity index (χ3v) is 3.37. The van der Waals surface area contributed by atoms with Crippen LogP contribution in [-0.2, 0) is 9.53 Å². The zero-order valence-electron chi connectivity index (χ0n) is 11.3. The number of carboxylic acid groups (broad SMARTS) is 1. The maximum atomic E-state index is 12.2. The Kier molecular flexibility index (Phi) is 4.87. The number of benzene rings is 1. The van der Waals surface area contributed by atoms with E-state index in [0.717, 1.165) is 0 Å². The van der Waals surface area contributed by atoms with Gasteiger partial charge in [-0.25, -0.2) is 9.59 Å². The summed E-state index contributed by atoms with van der Waals surface area (Å²) in [5.41, 5.74) is 0.402. The standard InChI is InChI=1S/C13H15ClN2O5/c1-20-8-2-3-9(14)10(6-8)15-13(19)16-4-5-21-11(7-16)12(17)18/h2-3,6,11H,4-5,7H2,1H3,(H,15,19)(H,17,18). The number of hydrogen-bond acceptors (Lipinski definition) is 4. The Morgan fingerprint density at radius 1 is 1.52 bits per heavy atom. The van der Waals surface area contributed by atoms with Crippen LogP contribution in [0.3, 0.4) is 0 Å². The van der Waals surface area contributed by atoms with Crippen LogP contribution < -0.4 is 10.1 Å². The molecule has 114 valence electrons. The van der Waals surface area contributed by atoms with E-state index < -0.39 is 18.1 Å². The van der Waals surface area contributed by atoms with Crippen molar-refractivity contribution in [2.75, 3.05) is 32.1 Å². The topological polar surface area (TPSA) is 88.1 Å². The van der Waals surface area contributed by atoms with Crippen molar-refractivity contribution in [3.8, 4) is 5.75 Å². The monoisotopic (exact) mass is 314 g/mol. The first-order valence-corrected chi connectivity index (χ1v) is 6.63. The molecule has 1 aromatic carbocycles. The molecule has 8 heteroatoms. The average molecular weight is 315 g/mol. The number of aliphatic carboxylic acids is 1. The van der Waals surface area contributed by atoms with E-state index in [1.54, 1.807) is 18.2 Å². The molecule has 1 saturated heterocycles. The number of hydrogen-bond donors (Lipinski definition) is 2. The van der Waals surface area contributed by atoms with Gasteiger partial charge in [0.1, 0.15) is 5.75 Å². The van der Waals surface area contributed by atoms with Gasteiger partial charge in [0, 0.05) is 12.6 Å². The van der Waals surface area contributed by atoms with Gasteiger partial charge in [0.05, 0.1) is 31.0 Å². The van der Waals surface area contributed by atoms with Crippen molar-refractivity contribution < 1.29 is 24.2 Å². The molecule has 2 amide bonds. The second kappa shape index (κ2) is 6.64. The number of ether oxygens (including phenoxy) is 2. The van der Waals surface area contributed by atoms with Crippen LogP contribution in [0.25, 0.3) is 0 Å². The van der Waals surface area contributed by atoms with Crippen molar-refractivity contribution in [3.05, 3.63) is 23.2 Å². The highest BCUT2D eigenvalue weighted by atomic mass is 35.5. The van der Waals surface area contributed by atoms with Gasteiger partial charge in [-0.3, -0.25) is 0 Å². The number of rotatable bonds is 3. The summed E-state index contributed by atoms with van der Waals surface area (Å²) in [6, 6.07) is 4.44. The molecule has 0 radical (unpaired) electrons. The second-order valence-electron chi connectivity index (χ2n) is 4.42. The number of halogens is 1. The van der Waals surface area contributed by atoms with Gasteiger partial charge in [0.25, 0.3) is 0 Å². The summed E-state index contributed by atoms with van der Waals surface area (Å²) in [4.78, 5) is 24.4. The minimum atomic E-state index is -1.09. The van der Waals surface area contributed by atoms with E-state index in [0.29, 0.717) is 23.0 Å². The molecule has 2 N–H and O–H groups in total. The van der Waals surface area contributed by atoms with E-state index in [1.165, 1.54) is 12.0 Å². The Labute approximate surface area is 126 Å². The molecule has 1 atom stereocenters. The molecule has 1 aromatic rings. The van der Waals surface area contributed by atoms with Crippen molar-refractivity contribution in [1.82, 2.24) is 4.90 Å². The van der Waals surface area contributed by atoms with Crippen LogP contribution in [0.1, 0.15) is 0 Å². The molecular weight excluding hydrogens is 300 g/mol. The van der Waals surface area contributed by atoms with E-state index in [2.05, 4.69) is 5.32 Å². The van der Waals surface area contributed by atoms with Crippen LogP contribution in [0.4, 0.5) is 10.5 Å². The van der Waals surface area contributed by atoms with Gasteiger partial charge < -0.3 is 24.8 Å². The summed E-state index contributed by atoms with van der Waals surface area (Å²) in [5, 5.41) is 11.9. The zero-order chi connectivity index (χ0) is 15.4. The molecule has 1 aliphatic heterocycles. The number of nitrogens with one attached hydrogen (secondary N) is 1. The number of carbonyl (C=O) groups excluding carboxylic acids is 1.